The molecule has 1 N–H and O–H groups in total. The Bertz CT molecular complexity index is 897. The molecule has 0 aliphatic carbocycles. The molecule has 0 atom stereocenters. The molecule has 0 aliphatic heterocycles. The standard InChI is InChI=1S/C26H38O5S.Na/c1-2-3-4-5-6-7-8-9-10-11-12-13-14-22-21-25(19-20-26(22)32(28,29)30)31-24-17-15-23(27)16-18-24;/h15-21,27H,2-14H2,1H3,(H,28,29,30);/q;+1/p-1. The molecule has 2 rings (SSSR count). The van der Waals surface area contributed by atoms with Gasteiger partial charge in [-0.15, -0.1) is 5.75 Å². The van der Waals surface area contributed by atoms with Crippen LogP contribution in [0.25, 0.3) is 0 Å². The Hall–Kier alpha value is -1.05. The van der Waals surface area contributed by atoms with E-state index in [4.69, 9.17) is 4.74 Å². The second kappa shape index (κ2) is 16.6. The number of ether oxygens (including phenoxy) is 1. The van der Waals surface area contributed by atoms with E-state index in [1.165, 1.54) is 82.1 Å². The smallest absolute Gasteiger partial charge is 0.872 e. The molecular weight excluding hydrogens is 447 g/mol. The molecule has 0 aliphatic rings. The summed E-state index contributed by atoms with van der Waals surface area (Å²) in [7, 11) is -4.29. The molecular formula is C26H37NaO5S. The monoisotopic (exact) mass is 484 g/mol. The first-order valence-electron chi connectivity index (χ1n) is 12.0. The van der Waals surface area contributed by atoms with Crippen LogP contribution < -0.4 is 39.4 Å². The minimum Gasteiger partial charge on any atom is -0.872 e. The van der Waals surface area contributed by atoms with Gasteiger partial charge < -0.3 is 9.84 Å². The van der Waals surface area contributed by atoms with E-state index in [1.807, 2.05) is 0 Å². The van der Waals surface area contributed by atoms with E-state index < -0.39 is 10.1 Å². The Morgan fingerprint density at radius 1 is 0.758 bits per heavy atom. The number of hydrogen-bond donors (Lipinski definition) is 1. The first kappa shape index (κ1) is 30.0. The fraction of sp³-hybridized carbons (Fsp3) is 0.538. The Labute approximate surface area is 222 Å². The van der Waals surface area contributed by atoms with E-state index in [9.17, 15) is 18.1 Å². The number of hydrogen-bond acceptors (Lipinski definition) is 4. The summed E-state index contributed by atoms with van der Waals surface area (Å²) in [5.74, 6) is 0.872. The van der Waals surface area contributed by atoms with E-state index in [-0.39, 0.29) is 40.2 Å². The van der Waals surface area contributed by atoms with Gasteiger partial charge in [-0.05, 0) is 48.7 Å². The first-order valence-corrected chi connectivity index (χ1v) is 13.4. The van der Waals surface area contributed by atoms with Gasteiger partial charge in [0.2, 0.25) is 0 Å². The number of unbranched alkanes of at least 4 members (excludes halogenated alkanes) is 11. The van der Waals surface area contributed by atoms with Crippen LogP contribution in [-0.4, -0.2) is 13.0 Å². The van der Waals surface area contributed by atoms with Crippen LogP contribution in [-0.2, 0) is 16.5 Å². The predicted octanol–water partition coefficient (Wildman–Crippen LogP) is 4.05. The molecule has 0 fully saturated rings. The summed E-state index contributed by atoms with van der Waals surface area (Å²) in [4.78, 5) is -0.0668. The zero-order valence-electron chi connectivity index (χ0n) is 20.2. The molecule has 0 saturated carbocycles. The normalized spacial score (nSPS) is 11.2. The maximum Gasteiger partial charge on any atom is 1.00 e. The van der Waals surface area contributed by atoms with Crippen LogP contribution in [0, 0.1) is 0 Å². The van der Waals surface area contributed by atoms with Crippen molar-refractivity contribution in [2.45, 2.75) is 95.3 Å². The van der Waals surface area contributed by atoms with Gasteiger partial charge in [-0.25, -0.2) is 0 Å². The van der Waals surface area contributed by atoms with Crippen molar-refractivity contribution in [1.82, 2.24) is 0 Å². The summed E-state index contributed by atoms with van der Waals surface area (Å²) in [5.41, 5.74) is 0.553. The molecule has 5 nitrogen and oxygen atoms in total. The van der Waals surface area contributed by atoms with Crippen molar-refractivity contribution in [3.05, 3.63) is 48.0 Å². The molecule has 7 heteroatoms. The van der Waals surface area contributed by atoms with Crippen LogP contribution in [0.3, 0.4) is 0 Å². The van der Waals surface area contributed by atoms with Crippen molar-refractivity contribution in [1.29, 1.82) is 0 Å². The maximum absolute atomic E-state index is 11.8. The molecule has 2 aromatic carbocycles. The summed E-state index contributed by atoms with van der Waals surface area (Å²) in [6.07, 6.45) is 15.4. The minimum atomic E-state index is -4.29. The van der Waals surface area contributed by atoms with Crippen LogP contribution in [0.4, 0.5) is 0 Å². The molecule has 33 heavy (non-hydrogen) atoms. The van der Waals surface area contributed by atoms with Gasteiger partial charge >= 0.3 is 29.6 Å². The van der Waals surface area contributed by atoms with Gasteiger partial charge in [0.1, 0.15) is 11.5 Å². The van der Waals surface area contributed by atoms with Crippen molar-refractivity contribution in [3.63, 3.8) is 0 Å². The molecule has 0 bridgehead atoms. The average molecular weight is 485 g/mol. The first-order chi connectivity index (χ1) is 15.4. The third-order valence-electron chi connectivity index (χ3n) is 5.67. The minimum absolute atomic E-state index is 0. The summed E-state index contributed by atoms with van der Waals surface area (Å²) in [6.45, 7) is 2.24. The third kappa shape index (κ3) is 12.3. The van der Waals surface area contributed by atoms with E-state index >= 15 is 0 Å². The van der Waals surface area contributed by atoms with Gasteiger partial charge in [0.25, 0.3) is 10.1 Å². The molecule has 0 aromatic heterocycles. The van der Waals surface area contributed by atoms with E-state index in [0.717, 1.165) is 19.3 Å². The van der Waals surface area contributed by atoms with Crippen LogP contribution in [0.2, 0.25) is 0 Å². The fourth-order valence-corrected chi connectivity index (χ4v) is 4.60. The summed E-state index contributed by atoms with van der Waals surface area (Å²) in [5, 5.41) is 11.2. The average Bonchev–Trinajstić information content (AvgIpc) is 2.75. The summed E-state index contributed by atoms with van der Waals surface area (Å²) in [6, 6.07) is 10.5. The maximum atomic E-state index is 11.8. The summed E-state index contributed by atoms with van der Waals surface area (Å²) >= 11 is 0. The van der Waals surface area contributed by atoms with E-state index in [1.54, 1.807) is 18.2 Å². The Morgan fingerprint density at radius 3 is 1.76 bits per heavy atom. The SMILES string of the molecule is CCCCCCCCCCCCCCc1cc(Oc2ccc([O-])cc2)ccc1S(=O)(=O)O.[Na+]. The molecule has 0 amide bonds. The Kier molecular flexibility index (Phi) is 15.0. The topological polar surface area (TPSA) is 86.7 Å². The summed E-state index contributed by atoms with van der Waals surface area (Å²) < 4.78 is 38.8. The van der Waals surface area contributed by atoms with Crippen molar-refractivity contribution in [3.8, 4) is 17.2 Å². The second-order valence-corrected chi connectivity index (χ2v) is 9.85. The molecule has 2 aromatic rings. The fourth-order valence-electron chi connectivity index (χ4n) is 3.87. The number of aryl methyl sites for hydroxylation is 1. The van der Waals surface area contributed by atoms with Gasteiger partial charge in [-0.1, -0.05) is 89.7 Å². The number of rotatable bonds is 16. The van der Waals surface area contributed by atoms with Crippen LogP contribution in [0.1, 0.15) is 89.5 Å². The van der Waals surface area contributed by atoms with Gasteiger partial charge in [0.15, 0.2) is 0 Å². The quantitative estimate of drug-likeness (QED) is 0.221. The van der Waals surface area contributed by atoms with Crippen molar-refractivity contribution < 1.29 is 52.4 Å². The molecule has 0 spiro atoms. The van der Waals surface area contributed by atoms with Crippen LogP contribution >= 0.6 is 0 Å². The zero-order chi connectivity index (χ0) is 23.2. The molecule has 178 valence electrons. The van der Waals surface area contributed by atoms with Gasteiger partial charge in [0, 0.05) is 0 Å². The van der Waals surface area contributed by atoms with Gasteiger partial charge in [-0.3, -0.25) is 4.55 Å². The Morgan fingerprint density at radius 2 is 1.24 bits per heavy atom. The molecule has 0 radical (unpaired) electrons. The molecule has 0 saturated heterocycles. The van der Waals surface area contributed by atoms with Gasteiger partial charge in [0.05, 0.1) is 4.90 Å². The van der Waals surface area contributed by atoms with Crippen molar-refractivity contribution >= 4 is 10.1 Å². The van der Waals surface area contributed by atoms with E-state index in [2.05, 4.69) is 6.92 Å². The molecule has 0 unspecified atom stereocenters. The Balaban J connectivity index is 0.00000544. The van der Waals surface area contributed by atoms with Crippen molar-refractivity contribution in [2.75, 3.05) is 0 Å². The second-order valence-electron chi connectivity index (χ2n) is 8.46. The van der Waals surface area contributed by atoms with Crippen LogP contribution in [0.15, 0.2) is 47.4 Å². The van der Waals surface area contributed by atoms with Crippen LogP contribution in [0.5, 0.6) is 17.2 Å². The predicted molar refractivity (Wildman–Crippen MR) is 127 cm³/mol. The third-order valence-corrected chi connectivity index (χ3v) is 6.62. The zero-order valence-corrected chi connectivity index (χ0v) is 23.0. The van der Waals surface area contributed by atoms with Gasteiger partial charge in [-0.2, -0.15) is 8.42 Å². The molecule has 0 heterocycles. The van der Waals surface area contributed by atoms with E-state index in [0.29, 0.717) is 23.5 Å². The largest absolute Gasteiger partial charge is 1.00 e. The number of benzene rings is 2. The van der Waals surface area contributed by atoms with Crippen molar-refractivity contribution in [2.24, 2.45) is 0 Å².